The van der Waals surface area contributed by atoms with Gasteiger partial charge >= 0.3 is 5.97 Å². The Bertz CT molecular complexity index is 3320. The summed E-state index contributed by atoms with van der Waals surface area (Å²) < 4.78 is 0. The van der Waals surface area contributed by atoms with Crippen LogP contribution in [0.3, 0.4) is 0 Å². The number of carbonyl (C=O) groups excluding carboxylic acids is 8. The summed E-state index contributed by atoms with van der Waals surface area (Å²) in [7, 11) is 0. The summed E-state index contributed by atoms with van der Waals surface area (Å²) in [5, 5.41) is 37.6. The summed E-state index contributed by atoms with van der Waals surface area (Å²) in [6, 6.07) is 18.8. The molecule has 2 saturated heterocycles. The predicted molar refractivity (Wildman–Crippen MR) is 316 cm³/mol. The number of aromatic amines is 2. The van der Waals surface area contributed by atoms with Crippen LogP contribution < -0.4 is 37.6 Å². The lowest BCUT2D eigenvalue weighted by Gasteiger charge is -2.32. The Kier molecular flexibility index (Phi) is 20.6. The fourth-order valence-corrected chi connectivity index (χ4v) is 11.0. The minimum absolute atomic E-state index is 0.0276. The number of carboxylic acid groups (broad SMARTS) is 1. The maximum atomic E-state index is 14.9. The first-order chi connectivity index (χ1) is 39.9. The number of rotatable bonds is 25. The van der Waals surface area contributed by atoms with Crippen molar-refractivity contribution >= 4 is 100 Å². The van der Waals surface area contributed by atoms with Crippen molar-refractivity contribution < 1.29 is 53.4 Å². The van der Waals surface area contributed by atoms with E-state index in [1.54, 1.807) is 54.9 Å². The summed E-state index contributed by atoms with van der Waals surface area (Å²) in [4.78, 5) is 135. The van der Waals surface area contributed by atoms with E-state index in [1.165, 1.54) is 28.9 Å². The van der Waals surface area contributed by atoms with Gasteiger partial charge in [0.05, 0.1) is 6.04 Å². The number of aromatic nitrogens is 2. The maximum absolute atomic E-state index is 14.9. The quantitative estimate of drug-likeness (QED) is 0.0365. The molecule has 2 fully saturated rings. The molecule has 0 spiro atoms. The molecule has 2 aliphatic heterocycles. The van der Waals surface area contributed by atoms with E-state index in [4.69, 9.17) is 5.73 Å². The molecule has 24 heteroatoms. The Morgan fingerprint density at radius 2 is 0.988 bits per heavy atom. The molecule has 0 radical (unpaired) electrons. The van der Waals surface area contributed by atoms with Crippen LogP contribution in [0.1, 0.15) is 54.9 Å². The number of benzene rings is 4. The molecule has 2 aromatic heterocycles. The van der Waals surface area contributed by atoms with Gasteiger partial charge in [-0.3, -0.25) is 38.4 Å². The zero-order valence-electron chi connectivity index (χ0n) is 45.6. The van der Waals surface area contributed by atoms with Crippen molar-refractivity contribution in [2.45, 2.75) is 113 Å². The Hall–Kier alpha value is -8.35. The molecule has 8 amide bonds. The predicted octanol–water partition coefficient (Wildman–Crippen LogP) is 1.81. The van der Waals surface area contributed by atoms with Crippen molar-refractivity contribution in [3.63, 3.8) is 0 Å². The molecule has 8 rings (SSSR count). The number of likely N-dealkylation sites (tertiary alicyclic amines) is 2. The van der Waals surface area contributed by atoms with Gasteiger partial charge < -0.3 is 67.6 Å². The van der Waals surface area contributed by atoms with Gasteiger partial charge in [0.2, 0.25) is 47.3 Å². The second kappa shape index (κ2) is 28.1. The number of nitrogens with one attached hydrogen (secondary N) is 8. The fourth-order valence-electron chi connectivity index (χ4n) is 10.6. The first kappa shape index (κ1) is 60.7. The number of para-hydroxylation sites is 2. The number of H-pyrrole nitrogens is 2. The third-order valence-electron chi connectivity index (χ3n) is 15.1. The lowest BCUT2D eigenvalue weighted by Crippen LogP contribution is -2.60. The number of phenols is 1. The van der Waals surface area contributed by atoms with Crippen LogP contribution in [0.2, 0.25) is 0 Å². The average Bonchev–Trinajstić information content (AvgIpc) is 4.48. The lowest BCUT2D eigenvalue weighted by atomic mass is 10.0. The van der Waals surface area contributed by atoms with Crippen molar-refractivity contribution in [1.29, 1.82) is 0 Å². The third kappa shape index (κ3) is 15.2. The summed E-state index contributed by atoms with van der Waals surface area (Å²) >= 11 is 8.25. The molecule has 4 aromatic carbocycles. The molecule has 83 heavy (non-hydrogen) atoms. The van der Waals surface area contributed by atoms with Gasteiger partial charge in [0.25, 0.3) is 0 Å². The van der Waals surface area contributed by atoms with E-state index in [2.05, 4.69) is 67.1 Å². The molecule has 22 nitrogen and oxygen atoms in total. The number of nitrogens with zero attached hydrogens (tertiary/aromatic N) is 2. The van der Waals surface area contributed by atoms with Gasteiger partial charge in [-0.05, 0) is 79.1 Å². The molecule has 9 atom stereocenters. The van der Waals surface area contributed by atoms with Crippen LogP contribution >= 0.6 is 25.3 Å². The number of nitrogens with two attached hydrogens (primary N) is 1. The van der Waals surface area contributed by atoms with Crippen LogP contribution in [-0.2, 0) is 68.8 Å². The Morgan fingerprint density at radius 1 is 0.542 bits per heavy atom. The minimum atomic E-state index is -1.39. The topological polar surface area (TPSA) is 330 Å². The molecule has 4 heterocycles. The van der Waals surface area contributed by atoms with E-state index in [9.17, 15) is 53.4 Å². The highest BCUT2D eigenvalue weighted by molar-refractivity contribution is 7.80. The van der Waals surface area contributed by atoms with Crippen LogP contribution in [0.25, 0.3) is 21.8 Å². The summed E-state index contributed by atoms with van der Waals surface area (Å²) in [5.74, 6) is -6.99. The maximum Gasteiger partial charge on any atom is 0.327 e. The molecule has 6 aromatic rings. The van der Waals surface area contributed by atoms with Crippen molar-refractivity contribution in [2.75, 3.05) is 24.6 Å². The third-order valence-corrected chi connectivity index (χ3v) is 15.9. The first-order valence-electron chi connectivity index (χ1n) is 27.5. The number of thiol groups is 2. The number of aliphatic carboxylic acids is 1. The fraction of sp³-hybridized carbons (Fsp3) is 0.373. The highest BCUT2D eigenvalue weighted by Crippen LogP contribution is 2.26. The molecular formula is C59H69N11O11S2. The number of aromatic hydroxyl groups is 1. The first-order valence-corrected chi connectivity index (χ1v) is 28.7. The van der Waals surface area contributed by atoms with Gasteiger partial charge in [0.1, 0.15) is 54.1 Å². The molecule has 438 valence electrons. The van der Waals surface area contributed by atoms with Gasteiger partial charge in [0.15, 0.2) is 0 Å². The van der Waals surface area contributed by atoms with Crippen molar-refractivity contribution in [1.82, 2.24) is 51.7 Å². The zero-order chi connectivity index (χ0) is 59.3. The SMILES string of the molecule is C[C@H](NC(=O)[C@@H]1CCCN1C(=O)[C@H](Cc1ccccc1)NC(=O)[C@@H]1CCCN1C(=O)[C@H](Cc1c[nH]c2ccccc12)NC(=O)[C@@H](N)CS)C(=O)N[C@@H](Cc1ccc(O)cc1)C(=O)N[C@@H](Cc1c[nH]c2ccccc12)C(=O)N[C@@H](CS)C(=O)O. The molecular weight excluding hydrogens is 1100 g/mol. The molecule has 0 saturated carbocycles. The van der Waals surface area contributed by atoms with Gasteiger partial charge in [-0.2, -0.15) is 25.3 Å². The molecule has 0 bridgehead atoms. The number of phenolic OH excluding ortho intramolecular Hbond substituents is 1. The number of hydrogen-bond donors (Lipinski definition) is 13. The molecule has 0 unspecified atom stereocenters. The van der Waals surface area contributed by atoms with Crippen LogP contribution in [0.5, 0.6) is 5.75 Å². The van der Waals surface area contributed by atoms with E-state index in [1.807, 2.05) is 48.5 Å². The summed E-state index contributed by atoms with van der Waals surface area (Å²) in [6.45, 7) is 1.74. The van der Waals surface area contributed by atoms with Crippen molar-refractivity contribution in [3.8, 4) is 5.75 Å². The standard InChI is InChI=1S/C59H69N11O11S2/c1-33(51(72)64-44(25-35-19-21-38(71)22-20-35)53(74)65-45(54(75)68-48(32-83)59(80)81)27-36-29-61-42-15-7-5-13-39(36)42)63-55(76)49-17-9-23-69(49)57(78)46(26-34-11-3-2-4-12-34)67-56(77)50-18-10-24-70(50)58(79)47(66-52(73)41(60)31-82)28-37-30-62-43-16-8-6-14-40(37)43/h2-8,11-16,19-22,29-30,33,41,44-50,61-62,71,82-83H,9-10,17-18,23-28,31-32,60H2,1H3,(H,63,76)(H,64,72)(H,65,74)(H,66,73)(H,67,77)(H,68,75)(H,80,81)/t33-,41-,44-,45-,46-,47-,48-,49-,50-/m0/s1. The van der Waals surface area contributed by atoms with Gasteiger partial charge in [-0.15, -0.1) is 0 Å². The average molecular weight is 1170 g/mol. The smallest absolute Gasteiger partial charge is 0.327 e. The normalized spacial score (nSPS) is 17.5. The lowest BCUT2D eigenvalue weighted by molar-refractivity contribution is -0.144. The summed E-state index contributed by atoms with van der Waals surface area (Å²) in [5.41, 5.74) is 10.2. The molecule has 2 aliphatic rings. The van der Waals surface area contributed by atoms with Crippen LogP contribution in [-0.4, -0.2) is 162 Å². The monoisotopic (exact) mass is 1170 g/mol. The highest BCUT2D eigenvalue weighted by Gasteiger charge is 2.43. The van der Waals surface area contributed by atoms with Crippen molar-refractivity contribution in [2.24, 2.45) is 5.73 Å². The van der Waals surface area contributed by atoms with Crippen LogP contribution in [0.4, 0.5) is 0 Å². The van der Waals surface area contributed by atoms with Crippen molar-refractivity contribution in [3.05, 3.63) is 138 Å². The number of carboxylic acids is 1. The van der Waals surface area contributed by atoms with Crippen LogP contribution in [0.15, 0.2) is 116 Å². The zero-order valence-corrected chi connectivity index (χ0v) is 47.4. The van der Waals surface area contributed by atoms with E-state index in [0.717, 1.165) is 27.4 Å². The number of amides is 8. The highest BCUT2D eigenvalue weighted by atomic mass is 32.1. The van der Waals surface area contributed by atoms with E-state index < -0.39 is 108 Å². The Balaban J connectivity index is 0.968. The second-order valence-electron chi connectivity index (χ2n) is 20.9. The Morgan fingerprint density at radius 3 is 1.53 bits per heavy atom. The van der Waals surface area contributed by atoms with Gasteiger partial charge in [-0.25, -0.2) is 4.79 Å². The summed E-state index contributed by atoms with van der Waals surface area (Å²) in [6.07, 6.45) is 4.68. The van der Waals surface area contributed by atoms with Gasteiger partial charge in [0, 0.05) is 84.5 Å². The number of fused-ring (bicyclic) bond motifs is 2. The second-order valence-corrected chi connectivity index (χ2v) is 21.6. The van der Waals surface area contributed by atoms with Crippen LogP contribution in [0, 0.1) is 0 Å². The van der Waals surface area contributed by atoms with E-state index in [-0.39, 0.29) is 68.9 Å². The van der Waals surface area contributed by atoms with Gasteiger partial charge in [-0.1, -0.05) is 78.9 Å². The molecule has 0 aliphatic carbocycles. The van der Waals surface area contributed by atoms with E-state index >= 15 is 0 Å². The van der Waals surface area contributed by atoms with E-state index in [0.29, 0.717) is 29.5 Å². The number of carbonyl (C=O) groups is 9. The Labute approximate surface area is 489 Å². The molecule has 12 N–H and O–H groups in total. The largest absolute Gasteiger partial charge is 0.508 e. The minimum Gasteiger partial charge on any atom is -0.508 e. The number of hydrogen-bond acceptors (Lipinski definition) is 13.